The summed E-state index contributed by atoms with van der Waals surface area (Å²) in [6.45, 7) is 5.34. The minimum Gasteiger partial charge on any atom is -0.493 e. The molecule has 0 heterocycles. The lowest BCUT2D eigenvalue weighted by Gasteiger charge is -2.20. The second-order valence-corrected chi connectivity index (χ2v) is 5.42. The molecule has 0 bridgehead atoms. The Balaban J connectivity index is 3.38. The number of carbonyl (C=O) groups excluding carboxylic acids is 2. The van der Waals surface area contributed by atoms with Crippen molar-refractivity contribution in [3.05, 3.63) is 17.7 Å². The zero-order valence-electron chi connectivity index (χ0n) is 13.2. The van der Waals surface area contributed by atoms with Crippen LogP contribution in [-0.4, -0.2) is 33.2 Å². The van der Waals surface area contributed by atoms with Crippen molar-refractivity contribution >= 4 is 17.6 Å². The van der Waals surface area contributed by atoms with Gasteiger partial charge in [0.15, 0.2) is 11.5 Å². The number of methoxy groups -OCH3 is 3. The molecule has 0 saturated heterocycles. The van der Waals surface area contributed by atoms with Gasteiger partial charge < -0.3 is 19.5 Å². The van der Waals surface area contributed by atoms with Gasteiger partial charge in [0.2, 0.25) is 5.91 Å². The number of nitrogens with one attached hydrogen (secondary N) is 1. The summed E-state index contributed by atoms with van der Waals surface area (Å²) in [6.07, 6.45) is 0. The third kappa shape index (κ3) is 3.65. The van der Waals surface area contributed by atoms with Crippen LogP contribution in [0.25, 0.3) is 0 Å². The van der Waals surface area contributed by atoms with E-state index in [1.807, 2.05) is 0 Å². The van der Waals surface area contributed by atoms with Crippen LogP contribution in [0.5, 0.6) is 11.5 Å². The molecule has 0 aliphatic carbocycles. The lowest BCUT2D eigenvalue weighted by molar-refractivity contribution is -0.123. The van der Waals surface area contributed by atoms with E-state index in [-0.39, 0.29) is 17.2 Å². The molecule has 21 heavy (non-hydrogen) atoms. The first-order valence-corrected chi connectivity index (χ1v) is 6.41. The fourth-order valence-electron chi connectivity index (χ4n) is 1.65. The molecule has 0 aromatic heterocycles. The summed E-state index contributed by atoms with van der Waals surface area (Å²) in [5.74, 6) is -0.238. The molecular weight excluding hydrogens is 274 g/mol. The monoisotopic (exact) mass is 295 g/mol. The number of hydrogen-bond donors (Lipinski definition) is 1. The zero-order chi connectivity index (χ0) is 16.2. The molecule has 0 fully saturated rings. The summed E-state index contributed by atoms with van der Waals surface area (Å²) in [5.41, 5.74) is -0.156. The van der Waals surface area contributed by atoms with Crippen molar-refractivity contribution < 1.29 is 23.8 Å². The Kier molecular flexibility index (Phi) is 5.18. The SMILES string of the molecule is COC(=O)c1c(NC(=O)C(C)(C)C)ccc(OC)c1OC. The van der Waals surface area contributed by atoms with Crippen molar-refractivity contribution in [3.8, 4) is 11.5 Å². The van der Waals surface area contributed by atoms with Crippen molar-refractivity contribution in [2.24, 2.45) is 5.41 Å². The van der Waals surface area contributed by atoms with E-state index in [2.05, 4.69) is 5.32 Å². The van der Waals surface area contributed by atoms with Gasteiger partial charge in [0, 0.05) is 5.41 Å². The van der Waals surface area contributed by atoms with Crippen LogP contribution in [0.3, 0.4) is 0 Å². The molecule has 0 spiro atoms. The van der Waals surface area contributed by atoms with Crippen LogP contribution in [0.4, 0.5) is 5.69 Å². The highest BCUT2D eigenvalue weighted by Crippen LogP contribution is 2.37. The average molecular weight is 295 g/mol. The van der Waals surface area contributed by atoms with E-state index in [0.29, 0.717) is 11.4 Å². The maximum absolute atomic E-state index is 12.1. The number of hydrogen-bond acceptors (Lipinski definition) is 5. The van der Waals surface area contributed by atoms with Crippen molar-refractivity contribution in [3.63, 3.8) is 0 Å². The van der Waals surface area contributed by atoms with E-state index < -0.39 is 11.4 Å². The Morgan fingerprint density at radius 1 is 1.05 bits per heavy atom. The number of anilines is 1. The van der Waals surface area contributed by atoms with Gasteiger partial charge >= 0.3 is 5.97 Å². The number of carbonyl (C=O) groups is 2. The van der Waals surface area contributed by atoms with Crippen LogP contribution in [0.2, 0.25) is 0 Å². The number of esters is 1. The highest BCUT2D eigenvalue weighted by molar-refractivity contribution is 6.05. The minimum atomic E-state index is -0.616. The Labute approximate surface area is 124 Å². The van der Waals surface area contributed by atoms with Crippen LogP contribution in [0.15, 0.2) is 12.1 Å². The molecule has 0 aliphatic rings. The Bertz CT molecular complexity index is 546. The number of benzene rings is 1. The normalized spacial score (nSPS) is 10.8. The second kappa shape index (κ2) is 6.47. The van der Waals surface area contributed by atoms with Crippen LogP contribution >= 0.6 is 0 Å². The lowest BCUT2D eigenvalue weighted by Crippen LogP contribution is -2.28. The van der Waals surface area contributed by atoms with E-state index in [4.69, 9.17) is 14.2 Å². The molecule has 1 N–H and O–H groups in total. The predicted octanol–water partition coefficient (Wildman–Crippen LogP) is 2.48. The smallest absolute Gasteiger partial charge is 0.343 e. The Morgan fingerprint density at radius 2 is 1.67 bits per heavy atom. The van der Waals surface area contributed by atoms with Gasteiger partial charge in [-0.25, -0.2) is 4.79 Å². The first kappa shape index (κ1) is 16.8. The van der Waals surface area contributed by atoms with Gasteiger partial charge in [-0.2, -0.15) is 0 Å². The summed E-state index contributed by atoms with van der Waals surface area (Å²) < 4.78 is 15.1. The standard InChI is InChI=1S/C15H21NO5/c1-15(2,3)14(18)16-9-7-8-10(19-4)12(20-5)11(9)13(17)21-6/h7-8H,1-6H3,(H,16,18). The van der Waals surface area contributed by atoms with Crippen molar-refractivity contribution in [1.82, 2.24) is 0 Å². The van der Waals surface area contributed by atoms with Crippen LogP contribution in [0.1, 0.15) is 31.1 Å². The van der Waals surface area contributed by atoms with Gasteiger partial charge in [-0.15, -0.1) is 0 Å². The highest BCUT2D eigenvalue weighted by Gasteiger charge is 2.27. The van der Waals surface area contributed by atoms with Gasteiger partial charge in [0.25, 0.3) is 0 Å². The molecule has 6 nitrogen and oxygen atoms in total. The minimum absolute atomic E-state index is 0.122. The summed E-state index contributed by atoms with van der Waals surface area (Å²) in [5, 5.41) is 2.72. The van der Waals surface area contributed by atoms with E-state index in [9.17, 15) is 9.59 Å². The molecule has 1 aromatic rings. The van der Waals surface area contributed by atoms with Crippen molar-refractivity contribution in [2.45, 2.75) is 20.8 Å². The maximum atomic E-state index is 12.1. The largest absolute Gasteiger partial charge is 0.493 e. The molecule has 1 amide bonds. The predicted molar refractivity (Wildman–Crippen MR) is 79.0 cm³/mol. The molecule has 0 unspecified atom stereocenters. The number of amides is 1. The second-order valence-electron chi connectivity index (χ2n) is 5.42. The number of rotatable bonds is 4. The molecule has 6 heteroatoms. The topological polar surface area (TPSA) is 73.9 Å². The molecule has 0 aliphatic heterocycles. The van der Waals surface area contributed by atoms with E-state index in [0.717, 1.165) is 0 Å². The van der Waals surface area contributed by atoms with Crippen LogP contribution < -0.4 is 14.8 Å². The van der Waals surface area contributed by atoms with Gasteiger partial charge in [-0.3, -0.25) is 4.79 Å². The lowest BCUT2D eigenvalue weighted by atomic mass is 9.95. The van der Waals surface area contributed by atoms with Gasteiger partial charge in [0.05, 0.1) is 27.0 Å². The summed E-state index contributed by atoms with van der Waals surface area (Å²) >= 11 is 0. The summed E-state index contributed by atoms with van der Waals surface area (Å²) in [4.78, 5) is 24.1. The maximum Gasteiger partial charge on any atom is 0.343 e. The molecule has 116 valence electrons. The summed E-state index contributed by atoms with van der Waals surface area (Å²) in [7, 11) is 4.14. The average Bonchev–Trinajstić information content (AvgIpc) is 2.44. The van der Waals surface area contributed by atoms with E-state index in [1.54, 1.807) is 32.9 Å². The fraction of sp³-hybridized carbons (Fsp3) is 0.467. The first-order valence-electron chi connectivity index (χ1n) is 6.41. The van der Waals surface area contributed by atoms with Crippen molar-refractivity contribution in [1.29, 1.82) is 0 Å². The third-order valence-electron chi connectivity index (χ3n) is 2.86. The highest BCUT2D eigenvalue weighted by atomic mass is 16.5. The first-order chi connectivity index (χ1) is 9.76. The Morgan fingerprint density at radius 3 is 2.10 bits per heavy atom. The van der Waals surface area contributed by atoms with Gasteiger partial charge in [0.1, 0.15) is 5.56 Å². The fourth-order valence-corrected chi connectivity index (χ4v) is 1.65. The van der Waals surface area contributed by atoms with Gasteiger partial charge in [-0.05, 0) is 12.1 Å². The van der Waals surface area contributed by atoms with E-state index >= 15 is 0 Å². The quantitative estimate of drug-likeness (QED) is 0.864. The molecule has 0 radical (unpaired) electrons. The molecule has 1 aromatic carbocycles. The Hall–Kier alpha value is -2.24. The van der Waals surface area contributed by atoms with Crippen LogP contribution in [0, 0.1) is 5.41 Å². The van der Waals surface area contributed by atoms with Crippen molar-refractivity contribution in [2.75, 3.05) is 26.6 Å². The molecule has 0 saturated carbocycles. The number of ether oxygens (including phenoxy) is 3. The zero-order valence-corrected chi connectivity index (χ0v) is 13.2. The molecular formula is C15H21NO5. The third-order valence-corrected chi connectivity index (χ3v) is 2.86. The van der Waals surface area contributed by atoms with Gasteiger partial charge in [-0.1, -0.05) is 20.8 Å². The van der Waals surface area contributed by atoms with Crippen LogP contribution in [-0.2, 0) is 9.53 Å². The summed E-state index contributed by atoms with van der Waals surface area (Å²) in [6, 6.07) is 3.20. The molecule has 1 rings (SSSR count). The molecule has 0 atom stereocenters. The van der Waals surface area contributed by atoms with E-state index in [1.165, 1.54) is 21.3 Å².